The van der Waals surface area contributed by atoms with E-state index in [4.69, 9.17) is 9.94 Å². The van der Waals surface area contributed by atoms with Gasteiger partial charge in [0, 0.05) is 18.1 Å². The lowest BCUT2D eigenvalue weighted by Gasteiger charge is -2.18. The van der Waals surface area contributed by atoms with E-state index in [1.165, 1.54) is 0 Å². The van der Waals surface area contributed by atoms with Crippen LogP contribution in [0.5, 0.6) is 5.75 Å². The number of nitrogens with zero attached hydrogens (tertiary/aromatic N) is 1. The SMILES string of the molecule is O/N=C1\CCOc2c(F)cc(F)cc21. The molecule has 0 aliphatic carbocycles. The van der Waals surface area contributed by atoms with E-state index in [9.17, 15) is 8.78 Å². The number of fused-ring (bicyclic) bond motifs is 1. The van der Waals surface area contributed by atoms with Gasteiger partial charge >= 0.3 is 0 Å². The lowest BCUT2D eigenvalue weighted by Crippen LogP contribution is -2.17. The minimum atomic E-state index is -0.777. The van der Waals surface area contributed by atoms with Crippen molar-refractivity contribution in [3.8, 4) is 5.75 Å². The maximum Gasteiger partial charge on any atom is 0.168 e. The van der Waals surface area contributed by atoms with Crippen LogP contribution in [0.15, 0.2) is 17.3 Å². The quantitative estimate of drug-likeness (QED) is 0.512. The molecule has 0 atom stereocenters. The van der Waals surface area contributed by atoms with Gasteiger partial charge < -0.3 is 9.94 Å². The molecule has 1 N–H and O–H groups in total. The number of halogens is 2. The lowest BCUT2D eigenvalue weighted by molar-refractivity contribution is 0.288. The molecule has 2 rings (SSSR count). The van der Waals surface area contributed by atoms with Crippen LogP contribution in [-0.4, -0.2) is 17.5 Å². The van der Waals surface area contributed by atoms with Crippen molar-refractivity contribution in [3.05, 3.63) is 29.3 Å². The summed E-state index contributed by atoms with van der Waals surface area (Å²) in [5.41, 5.74) is 0.418. The molecule has 0 bridgehead atoms. The molecule has 14 heavy (non-hydrogen) atoms. The van der Waals surface area contributed by atoms with Crippen LogP contribution in [0, 0.1) is 11.6 Å². The van der Waals surface area contributed by atoms with Crippen LogP contribution < -0.4 is 4.74 Å². The second kappa shape index (κ2) is 3.25. The zero-order valence-electron chi connectivity index (χ0n) is 7.13. The molecule has 0 amide bonds. The van der Waals surface area contributed by atoms with E-state index in [1.807, 2.05) is 0 Å². The van der Waals surface area contributed by atoms with Crippen molar-refractivity contribution in [2.75, 3.05) is 6.61 Å². The van der Waals surface area contributed by atoms with Crippen LogP contribution in [0.3, 0.4) is 0 Å². The third-order valence-electron chi connectivity index (χ3n) is 2.03. The van der Waals surface area contributed by atoms with Gasteiger partial charge in [0.15, 0.2) is 11.6 Å². The summed E-state index contributed by atoms with van der Waals surface area (Å²) < 4.78 is 31.0. The van der Waals surface area contributed by atoms with E-state index in [0.717, 1.165) is 12.1 Å². The summed E-state index contributed by atoms with van der Waals surface area (Å²) in [7, 11) is 0. The Morgan fingerprint density at radius 1 is 1.36 bits per heavy atom. The fourth-order valence-corrected chi connectivity index (χ4v) is 1.41. The van der Waals surface area contributed by atoms with Crippen molar-refractivity contribution in [3.63, 3.8) is 0 Å². The van der Waals surface area contributed by atoms with Crippen molar-refractivity contribution in [1.82, 2.24) is 0 Å². The van der Waals surface area contributed by atoms with Crippen LogP contribution in [0.4, 0.5) is 8.78 Å². The zero-order chi connectivity index (χ0) is 10.1. The Kier molecular flexibility index (Phi) is 2.07. The first-order valence-corrected chi connectivity index (χ1v) is 4.05. The zero-order valence-corrected chi connectivity index (χ0v) is 7.13. The molecule has 1 aromatic rings. The van der Waals surface area contributed by atoms with Gasteiger partial charge in [-0.15, -0.1) is 0 Å². The molecule has 1 heterocycles. The molecule has 5 heteroatoms. The predicted molar refractivity (Wildman–Crippen MR) is 44.8 cm³/mol. The molecule has 74 valence electrons. The van der Waals surface area contributed by atoms with Gasteiger partial charge in [-0.3, -0.25) is 0 Å². The highest BCUT2D eigenvalue weighted by atomic mass is 19.1. The summed E-state index contributed by atoms with van der Waals surface area (Å²) in [6.07, 6.45) is 0.340. The van der Waals surface area contributed by atoms with Crippen molar-refractivity contribution in [2.45, 2.75) is 6.42 Å². The number of oxime groups is 1. The van der Waals surface area contributed by atoms with E-state index in [-0.39, 0.29) is 23.6 Å². The highest BCUT2D eigenvalue weighted by molar-refractivity contribution is 6.03. The fraction of sp³-hybridized carbons (Fsp3) is 0.222. The maximum absolute atomic E-state index is 13.1. The van der Waals surface area contributed by atoms with E-state index in [2.05, 4.69) is 5.16 Å². The van der Waals surface area contributed by atoms with E-state index in [1.54, 1.807) is 0 Å². The largest absolute Gasteiger partial charge is 0.489 e. The number of hydrogen-bond acceptors (Lipinski definition) is 3. The van der Waals surface area contributed by atoms with E-state index >= 15 is 0 Å². The topological polar surface area (TPSA) is 41.8 Å². The molecule has 0 unspecified atom stereocenters. The molecule has 0 radical (unpaired) electrons. The second-order valence-electron chi connectivity index (χ2n) is 2.91. The van der Waals surface area contributed by atoms with Gasteiger partial charge in [0.25, 0.3) is 0 Å². The number of hydrogen-bond donors (Lipinski definition) is 1. The highest BCUT2D eigenvalue weighted by Gasteiger charge is 2.21. The first kappa shape index (κ1) is 8.93. The molecule has 1 aromatic carbocycles. The average Bonchev–Trinajstić information content (AvgIpc) is 2.17. The molecule has 0 saturated carbocycles. The van der Waals surface area contributed by atoms with Crippen LogP contribution in [0.25, 0.3) is 0 Å². The molecule has 3 nitrogen and oxygen atoms in total. The summed E-state index contributed by atoms with van der Waals surface area (Å²) in [6, 6.07) is 1.83. The minimum Gasteiger partial charge on any atom is -0.489 e. The van der Waals surface area contributed by atoms with Crippen LogP contribution in [0.1, 0.15) is 12.0 Å². The summed E-state index contributed by atoms with van der Waals surface area (Å²) in [4.78, 5) is 0. The highest BCUT2D eigenvalue weighted by Crippen LogP contribution is 2.29. The molecule has 0 spiro atoms. The third kappa shape index (κ3) is 1.30. The fourth-order valence-electron chi connectivity index (χ4n) is 1.41. The van der Waals surface area contributed by atoms with Crippen molar-refractivity contribution >= 4 is 5.71 Å². The monoisotopic (exact) mass is 199 g/mol. The number of benzene rings is 1. The van der Waals surface area contributed by atoms with Crippen molar-refractivity contribution in [1.29, 1.82) is 0 Å². The number of ether oxygens (including phenoxy) is 1. The molecule has 0 saturated heterocycles. The van der Waals surface area contributed by atoms with Gasteiger partial charge in [-0.05, 0) is 6.07 Å². The molecule has 1 aliphatic heterocycles. The predicted octanol–water partition coefficient (Wildman–Crippen LogP) is 1.93. The molecule has 0 aromatic heterocycles. The smallest absolute Gasteiger partial charge is 0.168 e. The lowest BCUT2D eigenvalue weighted by atomic mass is 10.0. The average molecular weight is 199 g/mol. The van der Waals surface area contributed by atoms with Gasteiger partial charge in [0.05, 0.1) is 12.3 Å². The summed E-state index contributed by atoms with van der Waals surface area (Å²) in [6.45, 7) is 0.231. The van der Waals surface area contributed by atoms with Gasteiger partial charge in [-0.25, -0.2) is 8.78 Å². The molecule has 0 fully saturated rings. The normalized spacial score (nSPS) is 17.7. The van der Waals surface area contributed by atoms with Crippen LogP contribution >= 0.6 is 0 Å². The Morgan fingerprint density at radius 3 is 2.86 bits per heavy atom. The summed E-state index contributed by atoms with van der Waals surface area (Å²) >= 11 is 0. The summed E-state index contributed by atoms with van der Waals surface area (Å²) in [5, 5.41) is 11.6. The van der Waals surface area contributed by atoms with E-state index < -0.39 is 11.6 Å². The van der Waals surface area contributed by atoms with E-state index in [0.29, 0.717) is 6.42 Å². The Hall–Kier alpha value is -1.65. The Labute approximate surface area is 78.6 Å². The number of rotatable bonds is 0. The van der Waals surface area contributed by atoms with Gasteiger partial charge in [0.1, 0.15) is 5.82 Å². The Balaban J connectivity index is 2.62. The van der Waals surface area contributed by atoms with Crippen LogP contribution in [0.2, 0.25) is 0 Å². The van der Waals surface area contributed by atoms with Crippen molar-refractivity contribution < 1.29 is 18.7 Å². The molecule has 1 aliphatic rings. The minimum absolute atomic E-state index is 0.0505. The molecular formula is C9H7F2NO2. The molecular weight excluding hydrogens is 192 g/mol. The second-order valence-corrected chi connectivity index (χ2v) is 2.91. The Bertz CT molecular complexity index is 404. The first-order chi connectivity index (χ1) is 6.72. The van der Waals surface area contributed by atoms with Gasteiger partial charge in [-0.2, -0.15) is 0 Å². The first-order valence-electron chi connectivity index (χ1n) is 4.05. The van der Waals surface area contributed by atoms with Gasteiger partial charge in [0.2, 0.25) is 0 Å². The van der Waals surface area contributed by atoms with Crippen LogP contribution in [-0.2, 0) is 0 Å². The maximum atomic E-state index is 13.1. The Morgan fingerprint density at radius 2 is 2.14 bits per heavy atom. The third-order valence-corrected chi connectivity index (χ3v) is 2.03. The van der Waals surface area contributed by atoms with Crippen molar-refractivity contribution in [2.24, 2.45) is 5.16 Å². The standard InChI is InChI=1S/C9H7F2NO2/c10-5-3-6-8(12-13)1-2-14-9(6)7(11)4-5/h3-4,13H,1-2H2/b12-8+. The summed E-state index contributed by atoms with van der Waals surface area (Å²) in [5.74, 6) is -1.54. The van der Waals surface area contributed by atoms with Gasteiger partial charge in [-0.1, -0.05) is 5.16 Å².